The molecule has 3 amide bonds. The molecular weight excluding hydrogens is 346 g/mol. The van der Waals surface area contributed by atoms with Gasteiger partial charge in [0, 0.05) is 24.3 Å². The molecule has 4 rings (SSSR count). The van der Waals surface area contributed by atoms with Crippen molar-refractivity contribution in [1.29, 1.82) is 0 Å². The summed E-state index contributed by atoms with van der Waals surface area (Å²) < 4.78 is 5.65. The number of hydrogen-bond acceptors (Lipinski definition) is 4. The number of ether oxygens (including phenoxy) is 1. The number of anilines is 3. The summed E-state index contributed by atoms with van der Waals surface area (Å²) in [7, 11) is 0. The van der Waals surface area contributed by atoms with Crippen molar-refractivity contribution < 1.29 is 19.1 Å². The van der Waals surface area contributed by atoms with Crippen molar-refractivity contribution in [2.75, 3.05) is 22.1 Å². The molecule has 0 spiro atoms. The van der Waals surface area contributed by atoms with Crippen LogP contribution in [0.5, 0.6) is 5.75 Å². The third-order valence-corrected chi connectivity index (χ3v) is 4.59. The largest absolute Gasteiger partial charge is 0.478 e. The van der Waals surface area contributed by atoms with Crippen LogP contribution < -0.4 is 20.3 Å². The Morgan fingerprint density at radius 3 is 2.85 bits per heavy atom. The van der Waals surface area contributed by atoms with Gasteiger partial charge in [0.25, 0.3) is 5.91 Å². The van der Waals surface area contributed by atoms with E-state index in [0.29, 0.717) is 30.1 Å². The van der Waals surface area contributed by atoms with Crippen LogP contribution in [-0.2, 0) is 14.4 Å². The van der Waals surface area contributed by atoms with Crippen molar-refractivity contribution in [3.63, 3.8) is 0 Å². The topological polar surface area (TPSA) is 87.7 Å². The highest BCUT2D eigenvalue weighted by molar-refractivity contribution is 6.02. The van der Waals surface area contributed by atoms with Crippen LogP contribution in [0.25, 0.3) is 0 Å². The summed E-state index contributed by atoms with van der Waals surface area (Å²) in [6.07, 6.45) is 0.396. The Balaban J connectivity index is 1.41. The molecule has 0 aliphatic carbocycles. The Morgan fingerprint density at radius 1 is 1.19 bits per heavy atom. The molecule has 1 atom stereocenters. The van der Waals surface area contributed by atoms with E-state index in [9.17, 15) is 14.4 Å². The average Bonchev–Trinajstić information content (AvgIpc) is 3.08. The van der Waals surface area contributed by atoms with Crippen LogP contribution in [0.1, 0.15) is 19.3 Å². The monoisotopic (exact) mass is 365 g/mol. The van der Waals surface area contributed by atoms with Crippen molar-refractivity contribution in [2.24, 2.45) is 0 Å². The Bertz CT molecular complexity index is 912. The van der Waals surface area contributed by atoms with Gasteiger partial charge in [-0.1, -0.05) is 18.2 Å². The van der Waals surface area contributed by atoms with Gasteiger partial charge in [0.1, 0.15) is 5.75 Å². The molecule has 2 aromatic carbocycles. The summed E-state index contributed by atoms with van der Waals surface area (Å²) in [5.74, 6) is -0.0476. The molecule has 2 aliphatic rings. The van der Waals surface area contributed by atoms with Crippen LogP contribution in [0.4, 0.5) is 17.1 Å². The lowest BCUT2D eigenvalue weighted by Crippen LogP contribution is -2.39. The van der Waals surface area contributed by atoms with Gasteiger partial charge in [0.15, 0.2) is 6.10 Å². The molecule has 0 unspecified atom stereocenters. The molecule has 7 heteroatoms. The van der Waals surface area contributed by atoms with E-state index in [1.165, 1.54) is 0 Å². The molecule has 2 aliphatic heterocycles. The maximum Gasteiger partial charge on any atom is 0.266 e. The lowest BCUT2D eigenvalue weighted by Gasteiger charge is -2.25. The Labute approximate surface area is 156 Å². The van der Waals surface area contributed by atoms with Crippen molar-refractivity contribution in [2.45, 2.75) is 25.4 Å². The van der Waals surface area contributed by atoms with E-state index in [1.807, 2.05) is 6.07 Å². The zero-order chi connectivity index (χ0) is 18.8. The third kappa shape index (κ3) is 3.62. The van der Waals surface area contributed by atoms with Crippen molar-refractivity contribution >= 4 is 34.8 Å². The molecule has 0 aromatic heterocycles. The molecule has 0 radical (unpaired) electrons. The summed E-state index contributed by atoms with van der Waals surface area (Å²) >= 11 is 0. The standard InChI is InChI=1S/C20H19N3O4/c24-18(12-17-20(26)22-15-7-1-2-8-16(15)27-17)21-13-5-3-6-14(11-13)23-10-4-9-19(23)25/h1-3,5-8,11,17H,4,9-10,12H2,(H,21,24)(H,22,26)/t17-/m0/s1. The van der Waals surface area contributed by atoms with Gasteiger partial charge in [-0.2, -0.15) is 0 Å². The zero-order valence-corrected chi connectivity index (χ0v) is 14.6. The van der Waals surface area contributed by atoms with E-state index in [0.717, 1.165) is 12.1 Å². The van der Waals surface area contributed by atoms with E-state index in [-0.39, 0.29) is 24.1 Å². The minimum Gasteiger partial charge on any atom is -0.478 e. The smallest absolute Gasteiger partial charge is 0.266 e. The van der Waals surface area contributed by atoms with Crippen LogP contribution in [0.2, 0.25) is 0 Å². The quantitative estimate of drug-likeness (QED) is 0.872. The maximum absolute atomic E-state index is 12.4. The molecule has 7 nitrogen and oxygen atoms in total. The second-order valence-corrected chi connectivity index (χ2v) is 6.54. The minimum atomic E-state index is -0.886. The van der Waals surface area contributed by atoms with E-state index in [1.54, 1.807) is 47.4 Å². The molecule has 0 saturated carbocycles. The Morgan fingerprint density at radius 2 is 2.04 bits per heavy atom. The second-order valence-electron chi connectivity index (χ2n) is 6.54. The van der Waals surface area contributed by atoms with Crippen molar-refractivity contribution in [3.8, 4) is 5.75 Å². The van der Waals surface area contributed by atoms with Crippen molar-refractivity contribution in [1.82, 2.24) is 0 Å². The fraction of sp³-hybridized carbons (Fsp3) is 0.250. The van der Waals surface area contributed by atoms with Gasteiger partial charge in [0.05, 0.1) is 12.1 Å². The lowest BCUT2D eigenvalue weighted by atomic mass is 10.1. The van der Waals surface area contributed by atoms with Crippen LogP contribution in [-0.4, -0.2) is 30.4 Å². The van der Waals surface area contributed by atoms with Gasteiger partial charge in [-0.15, -0.1) is 0 Å². The van der Waals surface area contributed by atoms with E-state index >= 15 is 0 Å². The predicted molar refractivity (Wildman–Crippen MR) is 101 cm³/mol. The number of rotatable bonds is 4. The van der Waals surface area contributed by atoms with Crippen LogP contribution in [0.3, 0.4) is 0 Å². The number of nitrogens with one attached hydrogen (secondary N) is 2. The van der Waals surface area contributed by atoms with E-state index in [2.05, 4.69) is 10.6 Å². The van der Waals surface area contributed by atoms with Gasteiger partial charge in [-0.05, 0) is 36.8 Å². The lowest BCUT2D eigenvalue weighted by molar-refractivity contribution is -0.128. The SMILES string of the molecule is O=C(C[C@@H]1Oc2ccccc2NC1=O)Nc1cccc(N2CCCC2=O)c1. The van der Waals surface area contributed by atoms with E-state index in [4.69, 9.17) is 4.74 Å². The molecule has 2 N–H and O–H groups in total. The third-order valence-electron chi connectivity index (χ3n) is 4.59. The van der Waals surface area contributed by atoms with Gasteiger partial charge in [-0.3, -0.25) is 14.4 Å². The fourth-order valence-corrected chi connectivity index (χ4v) is 3.28. The summed E-state index contributed by atoms with van der Waals surface area (Å²) in [6.45, 7) is 0.686. The molecule has 1 fully saturated rings. The molecular formula is C20H19N3O4. The van der Waals surface area contributed by atoms with Crippen LogP contribution in [0, 0.1) is 0 Å². The minimum absolute atomic E-state index is 0.0874. The molecule has 1 saturated heterocycles. The first-order chi connectivity index (χ1) is 13.1. The second kappa shape index (κ2) is 7.11. The number of nitrogens with zero attached hydrogens (tertiary/aromatic N) is 1. The molecule has 0 bridgehead atoms. The van der Waals surface area contributed by atoms with Gasteiger partial charge in [0.2, 0.25) is 11.8 Å². The summed E-state index contributed by atoms with van der Waals surface area (Å²) in [4.78, 5) is 38.1. The fourth-order valence-electron chi connectivity index (χ4n) is 3.28. The van der Waals surface area contributed by atoms with Gasteiger partial charge >= 0.3 is 0 Å². The first-order valence-electron chi connectivity index (χ1n) is 8.87. The highest BCUT2D eigenvalue weighted by Crippen LogP contribution is 2.30. The number of carbonyl (C=O) groups is 3. The van der Waals surface area contributed by atoms with Gasteiger partial charge in [-0.25, -0.2) is 0 Å². The number of para-hydroxylation sites is 2. The summed E-state index contributed by atoms with van der Waals surface area (Å²) in [5, 5.41) is 5.52. The number of benzene rings is 2. The Hall–Kier alpha value is -3.35. The maximum atomic E-state index is 12.4. The van der Waals surface area contributed by atoms with E-state index < -0.39 is 6.10 Å². The molecule has 138 valence electrons. The number of carbonyl (C=O) groups excluding carboxylic acids is 3. The molecule has 2 heterocycles. The molecule has 27 heavy (non-hydrogen) atoms. The highest BCUT2D eigenvalue weighted by atomic mass is 16.5. The summed E-state index contributed by atoms with van der Waals surface area (Å²) in [6, 6.07) is 14.2. The first kappa shape index (κ1) is 17.1. The molecule has 2 aromatic rings. The first-order valence-corrected chi connectivity index (χ1v) is 8.87. The van der Waals surface area contributed by atoms with Crippen LogP contribution in [0.15, 0.2) is 48.5 Å². The number of amides is 3. The number of fused-ring (bicyclic) bond motifs is 1. The normalized spacial score (nSPS) is 18.5. The zero-order valence-electron chi connectivity index (χ0n) is 14.6. The predicted octanol–water partition coefficient (Wildman–Crippen LogP) is 2.54. The average molecular weight is 365 g/mol. The van der Waals surface area contributed by atoms with Gasteiger partial charge < -0.3 is 20.3 Å². The summed E-state index contributed by atoms with van der Waals surface area (Å²) in [5.41, 5.74) is 1.94. The van der Waals surface area contributed by atoms with Crippen molar-refractivity contribution in [3.05, 3.63) is 48.5 Å². The number of hydrogen-bond donors (Lipinski definition) is 2. The highest BCUT2D eigenvalue weighted by Gasteiger charge is 2.29. The van der Waals surface area contributed by atoms with Crippen LogP contribution >= 0.6 is 0 Å². The Kier molecular flexibility index (Phi) is 4.50.